The van der Waals surface area contributed by atoms with Gasteiger partial charge in [0.2, 0.25) is 5.91 Å². The molecule has 2 amide bonds. The number of hydrogen-bond donors (Lipinski definition) is 2. The zero-order chi connectivity index (χ0) is 29.1. The SMILES string of the molecule is C[C@@H]1CN(c2cc(Cl)ccc2NC(=O)c2ccc(CNC(=O)C(C)(C)C)c(F)c2F)CCN1CCC(F)(F)F. The van der Waals surface area contributed by atoms with E-state index in [2.05, 4.69) is 10.6 Å². The Balaban J connectivity index is 1.74. The number of nitrogens with one attached hydrogen (secondary N) is 2. The summed E-state index contributed by atoms with van der Waals surface area (Å²) in [6.45, 7) is 7.64. The van der Waals surface area contributed by atoms with Crippen LogP contribution in [0.15, 0.2) is 30.3 Å². The Morgan fingerprint density at radius 3 is 2.36 bits per heavy atom. The van der Waals surface area contributed by atoms with Gasteiger partial charge in [0.25, 0.3) is 5.91 Å². The summed E-state index contributed by atoms with van der Waals surface area (Å²) in [4.78, 5) is 28.6. The quantitative estimate of drug-likeness (QED) is 0.399. The van der Waals surface area contributed by atoms with Gasteiger partial charge in [-0.05, 0) is 31.2 Å². The van der Waals surface area contributed by atoms with Crippen LogP contribution in [0.4, 0.5) is 33.3 Å². The number of benzene rings is 2. The smallest absolute Gasteiger partial charge is 0.367 e. The maximum absolute atomic E-state index is 14.9. The molecule has 1 aliphatic rings. The van der Waals surface area contributed by atoms with Gasteiger partial charge in [-0.2, -0.15) is 13.2 Å². The van der Waals surface area contributed by atoms with E-state index in [1.165, 1.54) is 18.2 Å². The van der Waals surface area contributed by atoms with Gasteiger partial charge in [-0.15, -0.1) is 0 Å². The van der Waals surface area contributed by atoms with Crippen LogP contribution in [-0.4, -0.2) is 55.1 Å². The summed E-state index contributed by atoms with van der Waals surface area (Å²) in [6.07, 6.45) is -5.14. The second-order valence-electron chi connectivity index (χ2n) is 10.6. The largest absolute Gasteiger partial charge is 0.390 e. The zero-order valence-corrected chi connectivity index (χ0v) is 22.9. The van der Waals surface area contributed by atoms with Gasteiger partial charge in [-0.1, -0.05) is 38.4 Å². The minimum atomic E-state index is -4.24. The van der Waals surface area contributed by atoms with Crippen molar-refractivity contribution < 1.29 is 31.5 Å². The Morgan fingerprint density at radius 1 is 1.05 bits per heavy atom. The second-order valence-corrected chi connectivity index (χ2v) is 11.1. The molecule has 1 atom stereocenters. The summed E-state index contributed by atoms with van der Waals surface area (Å²) >= 11 is 6.18. The summed E-state index contributed by atoms with van der Waals surface area (Å²) < 4.78 is 67.6. The van der Waals surface area contributed by atoms with Crippen molar-refractivity contribution in [3.63, 3.8) is 0 Å². The lowest BCUT2D eigenvalue weighted by atomic mass is 9.95. The van der Waals surface area contributed by atoms with Gasteiger partial charge in [-0.3, -0.25) is 14.5 Å². The fourth-order valence-corrected chi connectivity index (χ4v) is 4.39. The van der Waals surface area contributed by atoms with Crippen LogP contribution in [0, 0.1) is 17.0 Å². The molecule has 0 saturated carbocycles. The van der Waals surface area contributed by atoms with E-state index in [9.17, 15) is 31.5 Å². The summed E-state index contributed by atoms with van der Waals surface area (Å²) in [5.74, 6) is -3.82. The number of hydrogen-bond acceptors (Lipinski definition) is 4. The number of rotatable bonds is 7. The van der Waals surface area contributed by atoms with Crippen molar-refractivity contribution in [3.8, 4) is 0 Å². The Kier molecular flexibility index (Phi) is 9.48. The molecule has 0 radical (unpaired) electrons. The molecule has 12 heteroatoms. The van der Waals surface area contributed by atoms with Gasteiger partial charge in [0.15, 0.2) is 11.6 Å². The van der Waals surface area contributed by atoms with Crippen molar-refractivity contribution in [3.05, 3.63) is 58.1 Å². The van der Waals surface area contributed by atoms with Crippen molar-refractivity contribution in [2.24, 2.45) is 5.41 Å². The van der Waals surface area contributed by atoms with E-state index in [0.29, 0.717) is 36.0 Å². The molecule has 0 aromatic heterocycles. The molecule has 1 aliphatic heterocycles. The van der Waals surface area contributed by atoms with E-state index in [4.69, 9.17) is 11.6 Å². The van der Waals surface area contributed by atoms with Crippen molar-refractivity contribution in [2.75, 3.05) is 36.4 Å². The molecule has 0 spiro atoms. The molecule has 2 aromatic carbocycles. The van der Waals surface area contributed by atoms with E-state index >= 15 is 0 Å². The van der Waals surface area contributed by atoms with Crippen LogP contribution in [0.5, 0.6) is 0 Å². The van der Waals surface area contributed by atoms with Gasteiger partial charge < -0.3 is 15.5 Å². The van der Waals surface area contributed by atoms with Crippen molar-refractivity contribution in [2.45, 2.75) is 52.9 Å². The summed E-state index contributed by atoms with van der Waals surface area (Å²) in [5, 5.41) is 5.51. The summed E-state index contributed by atoms with van der Waals surface area (Å²) in [5.41, 5.74) is -0.531. The number of nitrogens with zero attached hydrogens (tertiary/aromatic N) is 2. The number of carbonyl (C=O) groups is 2. The molecule has 0 aliphatic carbocycles. The fourth-order valence-electron chi connectivity index (χ4n) is 4.22. The van der Waals surface area contributed by atoms with E-state index in [0.717, 1.165) is 6.07 Å². The maximum atomic E-state index is 14.9. The van der Waals surface area contributed by atoms with Gasteiger partial charge in [0.05, 0.1) is 23.4 Å². The molecule has 0 bridgehead atoms. The lowest BCUT2D eigenvalue weighted by Crippen LogP contribution is -2.52. The highest BCUT2D eigenvalue weighted by Gasteiger charge is 2.32. The molecule has 1 heterocycles. The van der Waals surface area contributed by atoms with Gasteiger partial charge in [0.1, 0.15) is 0 Å². The van der Waals surface area contributed by atoms with E-state index in [-0.39, 0.29) is 30.6 Å². The van der Waals surface area contributed by atoms with Crippen molar-refractivity contribution in [1.82, 2.24) is 10.2 Å². The fraction of sp³-hybridized carbons (Fsp3) is 0.481. The standard InChI is InChI=1S/C27H32ClF5N4O2/c1-16-15-37(12-11-36(16)10-9-27(31,32)33)21-13-18(28)6-8-20(21)35-24(38)19-7-5-17(22(29)23(19)30)14-34-25(39)26(2,3)4/h5-8,13,16H,9-12,14-15H2,1-4H3,(H,34,39)(H,35,38)/t16-/m1/s1. The highest BCUT2D eigenvalue weighted by molar-refractivity contribution is 6.31. The van der Waals surface area contributed by atoms with Gasteiger partial charge in [0, 0.05) is 54.8 Å². The first-order chi connectivity index (χ1) is 18.1. The van der Waals surface area contributed by atoms with Crippen LogP contribution in [0.3, 0.4) is 0 Å². The Hall–Kier alpha value is -2.92. The molecular formula is C27H32ClF5N4O2. The normalized spacial score (nSPS) is 16.8. The summed E-state index contributed by atoms with van der Waals surface area (Å²) in [7, 11) is 0. The van der Waals surface area contributed by atoms with Crippen LogP contribution >= 0.6 is 11.6 Å². The zero-order valence-electron chi connectivity index (χ0n) is 22.2. The Morgan fingerprint density at radius 2 is 1.74 bits per heavy atom. The number of carbonyl (C=O) groups excluding carboxylic acids is 2. The summed E-state index contributed by atoms with van der Waals surface area (Å²) in [6, 6.07) is 6.83. The second kappa shape index (κ2) is 12.1. The first kappa shape index (κ1) is 30.6. The monoisotopic (exact) mass is 574 g/mol. The lowest BCUT2D eigenvalue weighted by molar-refractivity contribution is -0.139. The van der Waals surface area contributed by atoms with Crippen molar-refractivity contribution >= 4 is 34.8 Å². The number of piperazine rings is 1. The molecule has 3 rings (SSSR count). The highest BCUT2D eigenvalue weighted by Crippen LogP contribution is 2.32. The highest BCUT2D eigenvalue weighted by atomic mass is 35.5. The predicted molar refractivity (Wildman–Crippen MR) is 141 cm³/mol. The van der Waals surface area contributed by atoms with E-state index in [1.807, 2.05) is 11.8 Å². The topological polar surface area (TPSA) is 64.7 Å². The molecular weight excluding hydrogens is 543 g/mol. The van der Waals surface area contributed by atoms with Crippen molar-refractivity contribution in [1.29, 1.82) is 0 Å². The molecule has 0 unspecified atom stereocenters. The van der Waals surface area contributed by atoms with Crippen LogP contribution in [0.2, 0.25) is 5.02 Å². The predicted octanol–water partition coefficient (Wildman–Crippen LogP) is 6.00. The molecule has 214 valence electrons. The van der Waals surface area contributed by atoms with Gasteiger partial charge >= 0.3 is 6.18 Å². The molecule has 2 aromatic rings. The van der Waals surface area contributed by atoms with Gasteiger partial charge in [-0.25, -0.2) is 8.78 Å². The average molecular weight is 575 g/mol. The van der Waals surface area contributed by atoms with Crippen LogP contribution < -0.4 is 15.5 Å². The maximum Gasteiger partial charge on any atom is 0.390 e. The first-order valence-electron chi connectivity index (χ1n) is 12.5. The van der Waals surface area contributed by atoms with Crippen LogP contribution in [0.1, 0.15) is 50.0 Å². The Bertz CT molecular complexity index is 1220. The number of halogens is 6. The molecule has 1 saturated heterocycles. The number of anilines is 2. The number of alkyl halides is 3. The van der Waals surface area contributed by atoms with Crippen LogP contribution in [-0.2, 0) is 11.3 Å². The first-order valence-corrected chi connectivity index (χ1v) is 12.9. The Labute approximate surface area is 229 Å². The number of amides is 2. The molecule has 1 fully saturated rings. The third-order valence-corrected chi connectivity index (χ3v) is 6.76. The molecule has 39 heavy (non-hydrogen) atoms. The third kappa shape index (κ3) is 8.04. The minimum Gasteiger partial charge on any atom is -0.367 e. The van der Waals surface area contributed by atoms with E-state index in [1.54, 1.807) is 31.7 Å². The average Bonchev–Trinajstić information content (AvgIpc) is 2.83. The lowest BCUT2D eigenvalue weighted by Gasteiger charge is -2.41. The van der Waals surface area contributed by atoms with E-state index < -0.39 is 41.1 Å². The van der Waals surface area contributed by atoms with Crippen LogP contribution in [0.25, 0.3) is 0 Å². The molecule has 2 N–H and O–H groups in total. The molecule has 6 nitrogen and oxygen atoms in total. The third-order valence-electron chi connectivity index (χ3n) is 6.52. The minimum absolute atomic E-state index is 0.105.